The van der Waals surface area contributed by atoms with Gasteiger partial charge in [0.1, 0.15) is 0 Å². The van der Waals surface area contributed by atoms with E-state index in [9.17, 15) is 9.59 Å². The van der Waals surface area contributed by atoms with Gasteiger partial charge in [-0.25, -0.2) is 0 Å². The number of carbonyl (C=O) groups excluding carboxylic acids is 2. The van der Waals surface area contributed by atoms with Gasteiger partial charge in [-0.15, -0.1) is 0 Å². The normalized spacial score (nSPS) is 10.5. The average molecular weight is 291 g/mol. The summed E-state index contributed by atoms with van der Waals surface area (Å²) in [6.07, 6.45) is 1.71. The smallest absolute Gasteiger partial charge is 0.224 e. The van der Waals surface area contributed by atoms with Crippen molar-refractivity contribution in [1.82, 2.24) is 5.32 Å². The van der Waals surface area contributed by atoms with Gasteiger partial charge in [-0.2, -0.15) is 0 Å². The second-order valence-electron chi connectivity index (χ2n) is 5.24. The Morgan fingerprint density at radius 3 is 2.29 bits per heavy atom. The van der Waals surface area contributed by atoms with E-state index in [1.54, 1.807) is 25.1 Å². The van der Waals surface area contributed by atoms with Gasteiger partial charge in [-0.3, -0.25) is 9.59 Å². The lowest BCUT2D eigenvalue weighted by molar-refractivity contribution is -0.116. The zero-order valence-electron chi connectivity index (χ0n) is 13.0. The molecule has 116 valence electrons. The molecule has 0 saturated heterocycles. The third-order valence-electron chi connectivity index (χ3n) is 2.88. The predicted molar refractivity (Wildman–Crippen MR) is 86.4 cm³/mol. The fourth-order valence-electron chi connectivity index (χ4n) is 1.79. The molecule has 0 heterocycles. The van der Waals surface area contributed by atoms with E-state index in [1.807, 2.05) is 6.07 Å². The summed E-state index contributed by atoms with van der Waals surface area (Å²) >= 11 is 0. The van der Waals surface area contributed by atoms with Crippen molar-refractivity contribution in [2.75, 3.05) is 17.2 Å². The molecule has 0 spiro atoms. The van der Waals surface area contributed by atoms with Crippen LogP contribution in [0.4, 0.5) is 11.4 Å². The van der Waals surface area contributed by atoms with E-state index < -0.39 is 0 Å². The van der Waals surface area contributed by atoms with E-state index >= 15 is 0 Å². The minimum absolute atomic E-state index is 0.0143. The first kappa shape index (κ1) is 17.2. The van der Waals surface area contributed by atoms with Crippen molar-refractivity contribution in [2.45, 2.75) is 46.1 Å². The van der Waals surface area contributed by atoms with Crippen LogP contribution in [0.15, 0.2) is 24.3 Å². The first-order valence-corrected chi connectivity index (χ1v) is 7.44. The molecule has 1 rings (SSSR count). The Labute approximate surface area is 126 Å². The Kier molecular flexibility index (Phi) is 7.46. The van der Waals surface area contributed by atoms with Crippen LogP contribution in [0.1, 0.15) is 40.0 Å². The largest absolute Gasteiger partial charge is 0.326 e. The second-order valence-corrected chi connectivity index (χ2v) is 5.24. The molecule has 1 aromatic carbocycles. The van der Waals surface area contributed by atoms with Gasteiger partial charge in [0, 0.05) is 30.3 Å². The third-order valence-corrected chi connectivity index (χ3v) is 2.88. The lowest BCUT2D eigenvalue weighted by atomic mass is 10.2. The highest BCUT2D eigenvalue weighted by Gasteiger charge is 2.04. The van der Waals surface area contributed by atoms with Gasteiger partial charge in [0.2, 0.25) is 11.8 Å². The van der Waals surface area contributed by atoms with Crippen LogP contribution in [0.2, 0.25) is 0 Å². The topological polar surface area (TPSA) is 70.2 Å². The number of rotatable bonds is 8. The van der Waals surface area contributed by atoms with E-state index in [-0.39, 0.29) is 11.8 Å². The van der Waals surface area contributed by atoms with Gasteiger partial charge >= 0.3 is 0 Å². The third kappa shape index (κ3) is 7.46. The number of anilines is 2. The summed E-state index contributed by atoms with van der Waals surface area (Å²) in [6.45, 7) is 6.79. The van der Waals surface area contributed by atoms with Gasteiger partial charge < -0.3 is 16.0 Å². The van der Waals surface area contributed by atoms with Crippen molar-refractivity contribution in [3.8, 4) is 0 Å². The van der Waals surface area contributed by atoms with E-state index in [4.69, 9.17) is 0 Å². The minimum Gasteiger partial charge on any atom is -0.326 e. The molecule has 0 aliphatic carbocycles. The summed E-state index contributed by atoms with van der Waals surface area (Å²) in [5.74, 6) is -0.0576. The van der Waals surface area contributed by atoms with Crippen molar-refractivity contribution < 1.29 is 9.59 Å². The zero-order chi connectivity index (χ0) is 15.7. The number of amides is 2. The number of hydrogen-bond donors (Lipinski definition) is 3. The molecule has 0 bridgehead atoms. The van der Waals surface area contributed by atoms with Crippen LogP contribution >= 0.6 is 0 Å². The zero-order valence-corrected chi connectivity index (χ0v) is 13.0. The highest BCUT2D eigenvalue weighted by Crippen LogP contribution is 2.15. The monoisotopic (exact) mass is 291 g/mol. The number of benzene rings is 1. The maximum absolute atomic E-state index is 11.8. The molecule has 0 radical (unpaired) electrons. The van der Waals surface area contributed by atoms with Crippen LogP contribution in [-0.4, -0.2) is 24.4 Å². The summed E-state index contributed by atoms with van der Waals surface area (Å²) in [7, 11) is 0. The Hall–Kier alpha value is -1.88. The summed E-state index contributed by atoms with van der Waals surface area (Å²) in [4.78, 5) is 23.2. The predicted octanol–water partition coefficient (Wildman–Crippen LogP) is 2.75. The van der Waals surface area contributed by atoms with Crippen molar-refractivity contribution in [2.24, 2.45) is 0 Å². The van der Waals surface area contributed by atoms with E-state index in [1.165, 1.54) is 0 Å². The summed E-state index contributed by atoms with van der Waals surface area (Å²) in [6, 6.07) is 7.62. The Balaban J connectivity index is 2.41. The van der Waals surface area contributed by atoms with Crippen LogP contribution in [0.3, 0.4) is 0 Å². The SMILES string of the molecule is CCC(=O)Nc1cccc(NC(=O)CCCNC(C)C)c1. The maximum Gasteiger partial charge on any atom is 0.224 e. The minimum atomic E-state index is -0.0433. The summed E-state index contributed by atoms with van der Waals surface area (Å²) in [5.41, 5.74) is 1.40. The number of nitrogens with one attached hydrogen (secondary N) is 3. The quantitative estimate of drug-likeness (QED) is 0.645. The fraction of sp³-hybridized carbons (Fsp3) is 0.500. The van der Waals surface area contributed by atoms with E-state index in [0.29, 0.717) is 30.3 Å². The van der Waals surface area contributed by atoms with Gasteiger partial charge in [0.25, 0.3) is 0 Å². The molecule has 0 unspecified atom stereocenters. The van der Waals surface area contributed by atoms with Crippen LogP contribution in [-0.2, 0) is 9.59 Å². The molecule has 0 atom stereocenters. The molecule has 0 aliphatic heterocycles. The lowest BCUT2D eigenvalue weighted by Crippen LogP contribution is -2.24. The number of carbonyl (C=O) groups is 2. The molecule has 0 saturated carbocycles. The molecular weight excluding hydrogens is 266 g/mol. The fourth-order valence-corrected chi connectivity index (χ4v) is 1.79. The van der Waals surface area contributed by atoms with Crippen molar-refractivity contribution in [3.63, 3.8) is 0 Å². The number of hydrogen-bond acceptors (Lipinski definition) is 3. The van der Waals surface area contributed by atoms with Crippen molar-refractivity contribution in [1.29, 1.82) is 0 Å². The van der Waals surface area contributed by atoms with E-state index in [2.05, 4.69) is 29.8 Å². The summed E-state index contributed by atoms with van der Waals surface area (Å²) < 4.78 is 0. The molecule has 5 nitrogen and oxygen atoms in total. The van der Waals surface area contributed by atoms with Crippen LogP contribution < -0.4 is 16.0 Å². The van der Waals surface area contributed by atoms with Gasteiger partial charge in [-0.05, 0) is 31.2 Å². The summed E-state index contributed by atoms with van der Waals surface area (Å²) in [5, 5.41) is 8.89. The lowest BCUT2D eigenvalue weighted by Gasteiger charge is -2.09. The van der Waals surface area contributed by atoms with Gasteiger partial charge in [-0.1, -0.05) is 26.8 Å². The molecule has 0 aliphatic rings. The highest BCUT2D eigenvalue weighted by molar-refractivity contribution is 5.93. The molecule has 0 fully saturated rings. The molecule has 1 aromatic rings. The molecule has 2 amide bonds. The first-order valence-electron chi connectivity index (χ1n) is 7.44. The Morgan fingerprint density at radius 2 is 1.71 bits per heavy atom. The standard InChI is InChI=1S/C16H25N3O2/c1-4-15(20)18-13-7-5-8-14(11-13)19-16(21)9-6-10-17-12(2)3/h5,7-8,11-12,17H,4,6,9-10H2,1-3H3,(H,18,20)(H,19,21). The molecule has 0 aromatic heterocycles. The maximum atomic E-state index is 11.8. The Bertz CT molecular complexity index is 472. The molecular formula is C16H25N3O2. The second kappa shape index (κ2) is 9.13. The van der Waals surface area contributed by atoms with E-state index in [0.717, 1.165) is 13.0 Å². The Morgan fingerprint density at radius 1 is 1.10 bits per heavy atom. The van der Waals surface area contributed by atoms with Crippen LogP contribution in [0.5, 0.6) is 0 Å². The highest BCUT2D eigenvalue weighted by atomic mass is 16.2. The molecule has 5 heteroatoms. The van der Waals surface area contributed by atoms with Crippen molar-refractivity contribution >= 4 is 23.2 Å². The average Bonchev–Trinajstić information content (AvgIpc) is 2.43. The van der Waals surface area contributed by atoms with Crippen LogP contribution in [0.25, 0.3) is 0 Å². The molecule has 21 heavy (non-hydrogen) atoms. The van der Waals surface area contributed by atoms with Gasteiger partial charge in [0.05, 0.1) is 0 Å². The first-order chi connectivity index (χ1) is 10.0. The van der Waals surface area contributed by atoms with Crippen LogP contribution in [0, 0.1) is 0 Å². The van der Waals surface area contributed by atoms with Crippen molar-refractivity contribution in [3.05, 3.63) is 24.3 Å². The molecule has 3 N–H and O–H groups in total. The van der Waals surface area contributed by atoms with Gasteiger partial charge in [0.15, 0.2) is 0 Å².